The lowest BCUT2D eigenvalue weighted by Crippen LogP contribution is -2.57. The molecule has 2 aliphatic rings. The third kappa shape index (κ3) is 4.76. The first-order valence-electron chi connectivity index (χ1n) is 11.2. The molecule has 1 N–H and O–H groups in total. The molecule has 2 aromatic rings. The minimum absolute atomic E-state index is 0.0467. The minimum atomic E-state index is -4.69. The molecule has 0 bridgehead atoms. The fourth-order valence-corrected chi connectivity index (χ4v) is 4.73. The molecule has 2 aromatic carbocycles. The average molecular weight is 460 g/mol. The van der Waals surface area contributed by atoms with Gasteiger partial charge in [0.1, 0.15) is 11.8 Å². The van der Waals surface area contributed by atoms with Gasteiger partial charge in [0.25, 0.3) is 5.91 Å². The van der Waals surface area contributed by atoms with Gasteiger partial charge in [0.15, 0.2) is 0 Å². The van der Waals surface area contributed by atoms with Crippen molar-refractivity contribution in [1.82, 2.24) is 10.2 Å². The van der Waals surface area contributed by atoms with Gasteiger partial charge in [-0.25, -0.2) is 0 Å². The van der Waals surface area contributed by atoms with E-state index in [1.807, 2.05) is 30.3 Å². The summed E-state index contributed by atoms with van der Waals surface area (Å²) in [6, 6.07) is 13.0. The van der Waals surface area contributed by atoms with E-state index in [1.165, 1.54) is 23.1 Å². The number of alkyl halides is 3. The predicted molar refractivity (Wildman–Crippen MR) is 116 cm³/mol. The van der Waals surface area contributed by atoms with Gasteiger partial charge in [-0.1, -0.05) is 49.4 Å². The molecular weight excluding hydrogens is 433 g/mol. The lowest BCUT2D eigenvalue weighted by atomic mass is 9.83. The molecule has 1 atom stereocenters. The van der Waals surface area contributed by atoms with E-state index < -0.39 is 40.9 Å². The minimum Gasteiger partial charge on any atom is -0.353 e. The van der Waals surface area contributed by atoms with Crippen LogP contribution in [0.2, 0.25) is 0 Å². The second kappa shape index (κ2) is 9.17. The Bertz CT molecular complexity index is 1000. The first-order valence-corrected chi connectivity index (χ1v) is 11.2. The van der Waals surface area contributed by atoms with Crippen LogP contribution >= 0.6 is 0 Å². The molecule has 1 aliphatic carbocycles. The Morgan fingerprint density at radius 1 is 1.06 bits per heavy atom. The molecule has 176 valence electrons. The van der Waals surface area contributed by atoms with Crippen LogP contribution in [0.15, 0.2) is 54.6 Å². The van der Waals surface area contributed by atoms with Gasteiger partial charge < -0.3 is 10.1 Å². The number of benzene rings is 2. The number of amides is 2. The summed E-state index contributed by atoms with van der Waals surface area (Å²) in [4.78, 5) is 28.0. The highest BCUT2D eigenvalue weighted by Gasteiger charge is 2.54. The Morgan fingerprint density at radius 2 is 1.70 bits per heavy atom. The van der Waals surface area contributed by atoms with Crippen molar-refractivity contribution in [2.45, 2.75) is 57.1 Å². The third-order valence-electron chi connectivity index (χ3n) is 6.61. The number of nitrogens with one attached hydrogen (secondary N) is 1. The van der Waals surface area contributed by atoms with E-state index in [4.69, 9.17) is 4.74 Å². The summed E-state index contributed by atoms with van der Waals surface area (Å²) < 4.78 is 47.0. The summed E-state index contributed by atoms with van der Waals surface area (Å²) in [5.74, 6) is -0.841. The SMILES string of the molecule is CC1CCC2(CC1)OCC(C(=O)NCc1ccccc1)N2C(=O)c1ccccc1C(F)(F)F. The van der Waals surface area contributed by atoms with Gasteiger partial charge >= 0.3 is 6.18 Å². The van der Waals surface area contributed by atoms with Crippen molar-refractivity contribution in [3.63, 3.8) is 0 Å². The lowest BCUT2D eigenvalue weighted by molar-refractivity contribution is -0.138. The molecule has 33 heavy (non-hydrogen) atoms. The van der Waals surface area contributed by atoms with Gasteiger partial charge in [-0.15, -0.1) is 0 Å². The molecule has 1 spiro atoms. The van der Waals surface area contributed by atoms with Gasteiger partial charge in [0, 0.05) is 6.54 Å². The number of hydrogen-bond donors (Lipinski definition) is 1. The van der Waals surface area contributed by atoms with Gasteiger partial charge in [-0.05, 0) is 49.3 Å². The fraction of sp³-hybridized carbons (Fsp3) is 0.440. The van der Waals surface area contributed by atoms with E-state index in [0.29, 0.717) is 18.8 Å². The first-order chi connectivity index (χ1) is 15.7. The number of nitrogens with zero attached hydrogens (tertiary/aromatic N) is 1. The molecule has 4 rings (SSSR count). The quantitative estimate of drug-likeness (QED) is 0.715. The van der Waals surface area contributed by atoms with Crippen molar-refractivity contribution >= 4 is 11.8 Å². The smallest absolute Gasteiger partial charge is 0.353 e. The monoisotopic (exact) mass is 460 g/mol. The van der Waals surface area contributed by atoms with E-state index in [1.54, 1.807) is 0 Å². The average Bonchev–Trinajstić information content (AvgIpc) is 3.18. The largest absolute Gasteiger partial charge is 0.417 e. The standard InChI is InChI=1S/C25H27F3N2O3/c1-17-11-13-24(14-12-17)30(23(32)19-9-5-6-10-20(19)25(26,27)28)21(16-33-24)22(31)29-15-18-7-3-2-4-8-18/h2-10,17,21H,11-16H2,1H3,(H,29,31). The second-order valence-corrected chi connectivity index (χ2v) is 8.88. The number of ether oxygens (including phenoxy) is 1. The molecule has 0 radical (unpaired) electrons. The van der Waals surface area contributed by atoms with Gasteiger partial charge in [0.2, 0.25) is 5.91 Å². The predicted octanol–water partition coefficient (Wildman–Crippen LogP) is 4.77. The molecular formula is C25H27F3N2O3. The number of carbonyl (C=O) groups is 2. The lowest BCUT2D eigenvalue weighted by Gasteiger charge is -2.43. The van der Waals surface area contributed by atoms with Crippen molar-refractivity contribution in [2.75, 3.05) is 6.61 Å². The Kier molecular flexibility index (Phi) is 6.47. The third-order valence-corrected chi connectivity index (χ3v) is 6.61. The molecule has 2 amide bonds. The molecule has 1 unspecified atom stereocenters. The summed E-state index contributed by atoms with van der Waals surface area (Å²) in [5.41, 5.74) is -1.66. The van der Waals surface area contributed by atoms with Crippen LogP contribution in [0.5, 0.6) is 0 Å². The van der Waals surface area contributed by atoms with E-state index in [9.17, 15) is 22.8 Å². The highest BCUT2D eigenvalue weighted by atomic mass is 19.4. The van der Waals surface area contributed by atoms with Crippen LogP contribution in [-0.4, -0.2) is 35.1 Å². The highest BCUT2D eigenvalue weighted by Crippen LogP contribution is 2.44. The van der Waals surface area contributed by atoms with Gasteiger partial charge in [-0.3, -0.25) is 14.5 Å². The van der Waals surface area contributed by atoms with E-state index in [0.717, 1.165) is 24.5 Å². The molecule has 8 heteroatoms. The highest BCUT2D eigenvalue weighted by molar-refractivity contribution is 5.99. The summed E-state index contributed by atoms with van der Waals surface area (Å²) in [6.45, 7) is 2.30. The van der Waals surface area contributed by atoms with E-state index in [-0.39, 0.29) is 13.2 Å². The maximum atomic E-state index is 13.7. The van der Waals surface area contributed by atoms with Crippen molar-refractivity contribution in [1.29, 1.82) is 0 Å². The molecule has 1 aliphatic heterocycles. The summed E-state index contributed by atoms with van der Waals surface area (Å²) in [7, 11) is 0. The topological polar surface area (TPSA) is 58.6 Å². The molecule has 2 fully saturated rings. The Morgan fingerprint density at radius 3 is 2.36 bits per heavy atom. The zero-order chi connectivity index (χ0) is 23.6. The van der Waals surface area contributed by atoms with Crippen LogP contribution in [-0.2, 0) is 22.3 Å². The van der Waals surface area contributed by atoms with E-state index in [2.05, 4.69) is 12.2 Å². The maximum Gasteiger partial charge on any atom is 0.417 e. The van der Waals surface area contributed by atoms with Crippen LogP contribution in [0.4, 0.5) is 13.2 Å². The van der Waals surface area contributed by atoms with Crippen LogP contribution in [0, 0.1) is 5.92 Å². The van der Waals surface area contributed by atoms with Crippen LogP contribution in [0.1, 0.15) is 54.1 Å². The Balaban J connectivity index is 1.65. The van der Waals surface area contributed by atoms with Gasteiger partial charge in [-0.2, -0.15) is 13.2 Å². The summed E-state index contributed by atoms with van der Waals surface area (Å²) >= 11 is 0. The van der Waals surface area contributed by atoms with E-state index >= 15 is 0 Å². The van der Waals surface area contributed by atoms with Crippen molar-refractivity contribution < 1.29 is 27.5 Å². The Hall–Kier alpha value is -2.87. The van der Waals surface area contributed by atoms with Crippen LogP contribution in [0.3, 0.4) is 0 Å². The zero-order valence-corrected chi connectivity index (χ0v) is 18.4. The molecule has 5 nitrogen and oxygen atoms in total. The maximum absolute atomic E-state index is 13.7. The molecule has 1 saturated carbocycles. The molecule has 1 heterocycles. The summed E-state index contributed by atoms with van der Waals surface area (Å²) in [5, 5.41) is 2.82. The summed E-state index contributed by atoms with van der Waals surface area (Å²) in [6.07, 6.45) is -2.19. The van der Waals surface area contributed by atoms with Crippen molar-refractivity contribution in [3.05, 3.63) is 71.3 Å². The normalized spacial score (nSPS) is 25.3. The number of carbonyl (C=O) groups excluding carboxylic acids is 2. The molecule has 1 saturated heterocycles. The fourth-order valence-electron chi connectivity index (χ4n) is 4.73. The van der Waals surface area contributed by atoms with Gasteiger partial charge in [0.05, 0.1) is 17.7 Å². The number of hydrogen-bond acceptors (Lipinski definition) is 3. The van der Waals surface area contributed by atoms with Crippen LogP contribution < -0.4 is 5.32 Å². The number of halogens is 3. The van der Waals surface area contributed by atoms with Crippen molar-refractivity contribution in [3.8, 4) is 0 Å². The van der Waals surface area contributed by atoms with Crippen LogP contribution in [0.25, 0.3) is 0 Å². The second-order valence-electron chi connectivity index (χ2n) is 8.88. The first kappa shape index (κ1) is 23.3. The molecule has 0 aromatic heterocycles. The van der Waals surface area contributed by atoms with Crippen molar-refractivity contribution in [2.24, 2.45) is 5.92 Å². The number of rotatable bonds is 4. The Labute approximate surface area is 190 Å². The zero-order valence-electron chi connectivity index (χ0n) is 18.4.